The lowest BCUT2D eigenvalue weighted by molar-refractivity contribution is 0.519. The van der Waals surface area contributed by atoms with Crippen molar-refractivity contribution in [3.63, 3.8) is 0 Å². The molecule has 1 aliphatic rings. The molecule has 0 aliphatic heterocycles. The van der Waals surface area contributed by atoms with Crippen molar-refractivity contribution >= 4 is 45.8 Å². The molecule has 1 aromatic carbocycles. The van der Waals surface area contributed by atoms with Crippen molar-refractivity contribution in [3.8, 4) is 0 Å². The first-order valence-corrected chi connectivity index (χ1v) is 9.12. The second-order valence-corrected chi connectivity index (χ2v) is 7.57. The van der Waals surface area contributed by atoms with Gasteiger partial charge in [-0.2, -0.15) is 0 Å². The van der Waals surface area contributed by atoms with Gasteiger partial charge in [-0.25, -0.2) is 13.1 Å². The van der Waals surface area contributed by atoms with Crippen LogP contribution in [0.2, 0.25) is 5.02 Å². The predicted octanol–water partition coefficient (Wildman–Crippen LogP) is 2.50. The molecule has 0 amide bonds. The lowest BCUT2D eigenvalue weighted by Gasteiger charge is -2.16. The average Bonchev–Trinajstić information content (AvgIpc) is 3.20. The van der Waals surface area contributed by atoms with Gasteiger partial charge in [0.2, 0.25) is 10.0 Å². The van der Waals surface area contributed by atoms with Gasteiger partial charge in [0.15, 0.2) is 0 Å². The zero-order valence-corrected chi connectivity index (χ0v) is 14.2. The fraction of sp³-hybridized carbons (Fsp3) is 0.500. The Labute approximate surface area is 135 Å². The molecule has 1 unspecified atom stereocenters. The summed E-state index contributed by atoms with van der Waals surface area (Å²) in [5.41, 5.74) is 5.62. The standard InChI is InChI=1S/C12H17ClN2O2S2.ClH/c1-18-12-5-4-9(6-10(12)13)19(16,17)15-11(7-14)8-2-3-8;/h4-6,8,11,15H,2-3,7,14H2,1H3;1H. The maximum atomic E-state index is 12.3. The summed E-state index contributed by atoms with van der Waals surface area (Å²) in [6.07, 6.45) is 3.97. The number of halogens is 2. The predicted molar refractivity (Wildman–Crippen MR) is 86.4 cm³/mol. The number of rotatable bonds is 6. The first-order valence-electron chi connectivity index (χ1n) is 6.04. The molecule has 4 nitrogen and oxygen atoms in total. The largest absolute Gasteiger partial charge is 0.329 e. The van der Waals surface area contributed by atoms with Crippen molar-refractivity contribution in [2.75, 3.05) is 12.8 Å². The molecule has 0 radical (unpaired) electrons. The van der Waals surface area contributed by atoms with Gasteiger partial charge in [0.1, 0.15) is 0 Å². The Morgan fingerprint density at radius 1 is 1.50 bits per heavy atom. The molecular weight excluding hydrogens is 339 g/mol. The maximum Gasteiger partial charge on any atom is 0.240 e. The van der Waals surface area contributed by atoms with Crippen LogP contribution in [0.3, 0.4) is 0 Å². The van der Waals surface area contributed by atoms with Gasteiger partial charge in [0.25, 0.3) is 0 Å². The van der Waals surface area contributed by atoms with E-state index in [4.69, 9.17) is 17.3 Å². The van der Waals surface area contributed by atoms with Crippen LogP contribution >= 0.6 is 35.8 Å². The highest BCUT2D eigenvalue weighted by molar-refractivity contribution is 7.98. The Morgan fingerprint density at radius 3 is 2.60 bits per heavy atom. The number of nitrogens with one attached hydrogen (secondary N) is 1. The number of hydrogen-bond acceptors (Lipinski definition) is 4. The van der Waals surface area contributed by atoms with Crippen molar-refractivity contribution in [2.45, 2.75) is 28.7 Å². The summed E-state index contributed by atoms with van der Waals surface area (Å²) in [6.45, 7) is 0.320. The number of benzene rings is 1. The van der Waals surface area contributed by atoms with Crippen molar-refractivity contribution in [1.29, 1.82) is 0 Å². The third kappa shape index (κ3) is 4.26. The van der Waals surface area contributed by atoms with E-state index in [0.29, 0.717) is 17.5 Å². The van der Waals surface area contributed by atoms with E-state index in [2.05, 4.69) is 4.72 Å². The second kappa shape index (κ2) is 7.33. The summed E-state index contributed by atoms with van der Waals surface area (Å²) in [7, 11) is -3.55. The highest BCUT2D eigenvalue weighted by Gasteiger charge is 2.33. The summed E-state index contributed by atoms with van der Waals surface area (Å²) in [6, 6.07) is 4.59. The molecular formula is C12H18Cl2N2O2S2. The van der Waals surface area contributed by atoms with Gasteiger partial charge in [-0.1, -0.05) is 11.6 Å². The first kappa shape index (κ1) is 18.1. The number of sulfonamides is 1. The number of thioether (sulfide) groups is 1. The molecule has 114 valence electrons. The van der Waals surface area contributed by atoms with Gasteiger partial charge >= 0.3 is 0 Å². The monoisotopic (exact) mass is 356 g/mol. The van der Waals surface area contributed by atoms with Gasteiger partial charge in [-0.3, -0.25) is 0 Å². The third-order valence-electron chi connectivity index (χ3n) is 3.19. The van der Waals surface area contributed by atoms with Gasteiger partial charge in [-0.05, 0) is 43.2 Å². The van der Waals surface area contributed by atoms with Crippen LogP contribution in [0.25, 0.3) is 0 Å². The van der Waals surface area contributed by atoms with Crippen LogP contribution in [-0.2, 0) is 10.0 Å². The molecule has 2 rings (SSSR count). The fourth-order valence-electron chi connectivity index (χ4n) is 1.92. The topological polar surface area (TPSA) is 72.2 Å². The van der Waals surface area contributed by atoms with Crippen LogP contribution in [0, 0.1) is 5.92 Å². The van der Waals surface area contributed by atoms with Crippen LogP contribution in [0.15, 0.2) is 28.0 Å². The molecule has 0 saturated heterocycles. The van der Waals surface area contributed by atoms with E-state index in [0.717, 1.165) is 17.7 Å². The smallest absolute Gasteiger partial charge is 0.240 e. The summed E-state index contributed by atoms with van der Waals surface area (Å²) < 4.78 is 27.2. The third-order valence-corrected chi connectivity index (χ3v) is 5.89. The van der Waals surface area contributed by atoms with Gasteiger partial charge in [-0.15, -0.1) is 24.2 Å². The van der Waals surface area contributed by atoms with Crippen molar-refractivity contribution in [2.24, 2.45) is 11.7 Å². The summed E-state index contributed by atoms with van der Waals surface area (Å²) in [4.78, 5) is 1.05. The summed E-state index contributed by atoms with van der Waals surface area (Å²) >= 11 is 7.52. The minimum absolute atomic E-state index is 0. The molecule has 0 aromatic heterocycles. The molecule has 1 aliphatic carbocycles. The molecule has 0 heterocycles. The molecule has 20 heavy (non-hydrogen) atoms. The lowest BCUT2D eigenvalue weighted by Crippen LogP contribution is -2.41. The van der Waals surface area contributed by atoms with E-state index in [1.807, 2.05) is 6.26 Å². The summed E-state index contributed by atoms with van der Waals surface area (Å²) in [5, 5.41) is 0.450. The normalized spacial score (nSPS) is 16.6. The summed E-state index contributed by atoms with van der Waals surface area (Å²) in [5.74, 6) is 0.376. The maximum absolute atomic E-state index is 12.3. The SMILES string of the molecule is CSc1ccc(S(=O)(=O)NC(CN)C2CC2)cc1Cl.Cl. The van der Waals surface area contributed by atoms with Crippen LogP contribution in [-0.4, -0.2) is 27.3 Å². The lowest BCUT2D eigenvalue weighted by atomic mass is 10.2. The molecule has 1 saturated carbocycles. The van der Waals surface area contributed by atoms with Crippen molar-refractivity contribution < 1.29 is 8.42 Å². The van der Waals surface area contributed by atoms with Crippen LogP contribution in [0.5, 0.6) is 0 Å². The molecule has 3 N–H and O–H groups in total. The second-order valence-electron chi connectivity index (χ2n) is 4.60. The molecule has 1 fully saturated rings. The molecule has 1 aromatic rings. The Morgan fingerprint density at radius 2 is 2.15 bits per heavy atom. The van der Waals surface area contributed by atoms with E-state index in [1.165, 1.54) is 17.8 Å². The van der Waals surface area contributed by atoms with Gasteiger partial charge < -0.3 is 5.73 Å². The van der Waals surface area contributed by atoms with E-state index in [9.17, 15) is 8.42 Å². The fourth-order valence-corrected chi connectivity index (χ4v) is 4.20. The minimum atomic E-state index is -3.55. The highest BCUT2D eigenvalue weighted by atomic mass is 35.5. The van der Waals surface area contributed by atoms with Gasteiger partial charge in [0, 0.05) is 17.5 Å². The van der Waals surface area contributed by atoms with Gasteiger partial charge in [0.05, 0.1) is 9.92 Å². The highest BCUT2D eigenvalue weighted by Crippen LogP contribution is 2.33. The number of nitrogens with two attached hydrogens (primary N) is 1. The number of hydrogen-bond donors (Lipinski definition) is 2. The Balaban J connectivity index is 0.00000200. The minimum Gasteiger partial charge on any atom is -0.329 e. The zero-order chi connectivity index (χ0) is 14.0. The molecule has 0 spiro atoms. The first-order chi connectivity index (χ1) is 8.97. The van der Waals surface area contributed by atoms with E-state index >= 15 is 0 Å². The average molecular weight is 357 g/mol. The Hall–Kier alpha value is 0.0200. The van der Waals surface area contributed by atoms with Crippen LogP contribution < -0.4 is 10.5 Å². The quantitative estimate of drug-likeness (QED) is 0.768. The zero-order valence-electron chi connectivity index (χ0n) is 11.0. The van der Waals surface area contributed by atoms with Crippen LogP contribution in [0.4, 0.5) is 0 Å². The molecule has 1 atom stereocenters. The Bertz CT molecular complexity index is 563. The van der Waals surface area contributed by atoms with E-state index in [1.54, 1.807) is 12.1 Å². The molecule has 0 bridgehead atoms. The van der Waals surface area contributed by atoms with E-state index in [-0.39, 0.29) is 23.3 Å². The van der Waals surface area contributed by atoms with Crippen molar-refractivity contribution in [1.82, 2.24) is 4.72 Å². The van der Waals surface area contributed by atoms with Crippen molar-refractivity contribution in [3.05, 3.63) is 23.2 Å². The molecule has 8 heteroatoms. The van der Waals surface area contributed by atoms with E-state index < -0.39 is 10.0 Å². The van der Waals surface area contributed by atoms with Crippen LogP contribution in [0.1, 0.15) is 12.8 Å². The Kier molecular flexibility index (Phi) is 6.63.